The van der Waals surface area contributed by atoms with Crippen molar-refractivity contribution in [1.29, 1.82) is 0 Å². The monoisotopic (exact) mass is 360 g/mol. The number of anilines is 2. The van der Waals surface area contributed by atoms with Crippen molar-refractivity contribution in [3.63, 3.8) is 0 Å². The van der Waals surface area contributed by atoms with Crippen LogP contribution in [0, 0.1) is 19.8 Å². The van der Waals surface area contributed by atoms with E-state index in [9.17, 15) is 14.4 Å². The maximum atomic E-state index is 13.0. The van der Waals surface area contributed by atoms with Crippen LogP contribution < -0.4 is 9.80 Å². The topological polar surface area (TPSA) is 66.9 Å². The molecule has 1 aromatic rings. The molecular weight excluding hydrogens is 332 g/mol. The minimum atomic E-state index is -0.454. The van der Waals surface area contributed by atoms with E-state index in [1.54, 1.807) is 11.8 Å². The van der Waals surface area contributed by atoms with Gasteiger partial charge in [-0.1, -0.05) is 13.8 Å². The highest BCUT2D eigenvalue weighted by Gasteiger charge is 2.36. The average molecular weight is 360 g/mol. The molecule has 0 radical (unpaired) electrons. The first-order valence-electron chi connectivity index (χ1n) is 9.22. The molecule has 142 valence electrons. The summed E-state index contributed by atoms with van der Waals surface area (Å²) in [6.45, 7) is 9.68. The van der Waals surface area contributed by atoms with Crippen molar-refractivity contribution in [2.24, 2.45) is 5.92 Å². The number of hydrogen-bond donors (Lipinski definition) is 0. The van der Waals surface area contributed by atoms with Crippen LogP contribution >= 0.6 is 0 Å². The molecule has 0 spiro atoms. The molecule has 1 heterocycles. The van der Waals surface area contributed by atoms with Crippen LogP contribution in [0.4, 0.5) is 11.4 Å². The number of rotatable bonds is 6. The minimum Gasteiger partial charge on any atom is -0.465 e. The number of fused-ring (bicyclic) bond motifs is 1. The van der Waals surface area contributed by atoms with Crippen molar-refractivity contribution in [3.05, 3.63) is 23.3 Å². The zero-order chi connectivity index (χ0) is 19.4. The van der Waals surface area contributed by atoms with E-state index in [1.807, 2.05) is 39.8 Å². The molecule has 6 nitrogen and oxygen atoms in total. The van der Waals surface area contributed by atoms with E-state index in [2.05, 4.69) is 0 Å². The molecule has 0 saturated carbocycles. The molecule has 1 aromatic carbocycles. The van der Waals surface area contributed by atoms with Crippen LogP contribution in [-0.2, 0) is 19.1 Å². The fraction of sp³-hybridized carbons (Fsp3) is 0.550. The summed E-state index contributed by atoms with van der Waals surface area (Å²) in [6.07, 6.45) is 1.46. The Morgan fingerprint density at radius 2 is 1.65 bits per heavy atom. The lowest BCUT2D eigenvalue weighted by molar-refractivity contribution is -0.142. The quantitative estimate of drug-likeness (QED) is 0.732. The summed E-state index contributed by atoms with van der Waals surface area (Å²) in [5.74, 6) is -0.879. The van der Waals surface area contributed by atoms with Gasteiger partial charge >= 0.3 is 5.97 Å². The number of nitrogens with zero attached hydrogens (tertiary/aromatic N) is 2. The third-order valence-electron chi connectivity index (χ3n) is 4.96. The van der Waals surface area contributed by atoms with Crippen LogP contribution in [-0.4, -0.2) is 37.5 Å². The fourth-order valence-electron chi connectivity index (χ4n) is 3.22. The third-order valence-corrected chi connectivity index (χ3v) is 4.96. The first-order chi connectivity index (χ1) is 12.3. The van der Waals surface area contributed by atoms with Crippen LogP contribution in [0.2, 0.25) is 0 Å². The first kappa shape index (κ1) is 19.9. The SMILES string of the molecule is CCOC(=O)CN1C(=O)CN(C(=O)C(CC)CC)c2cc(C)c(C)cc21. The van der Waals surface area contributed by atoms with Gasteiger partial charge in [-0.05, 0) is 56.9 Å². The van der Waals surface area contributed by atoms with E-state index in [0.717, 1.165) is 24.0 Å². The number of benzene rings is 1. The molecule has 0 bridgehead atoms. The summed E-state index contributed by atoms with van der Waals surface area (Å²) in [5.41, 5.74) is 3.32. The Bertz CT molecular complexity index is 710. The van der Waals surface area contributed by atoms with Gasteiger partial charge in [-0.15, -0.1) is 0 Å². The Hall–Kier alpha value is -2.37. The van der Waals surface area contributed by atoms with E-state index in [-0.39, 0.29) is 37.4 Å². The van der Waals surface area contributed by atoms with Gasteiger partial charge < -0.3 is 9.64 Å². The molecule has 2 rings (SSSR count). The number of ether oxygens (including phenoxy) is 1. The number of carbonyl (C=O) groups excluding carboxylic acids is 3. The van der Waals surface area contributed by atoms with Crippen LogP contribution in [0.25, 0.3) is 0 Å². The second-order valence-electron chi connectivity index (χ2n) is 6.65. The Labute approximate surface area is 155 Å². The largest absolute Gasteiger partial charge is 0.465 e. The molecule has 0 saturated heterocycles. The van der Waals surface area contributed by atoms with Crippen LogP contribution in [0.15, 0.2) is 12.1 Å². The lowest BCUT2D eigenvalue weighted by Crippen LogP contribution is -2.51. The average Bonchev–Trinajstić information content (AvgIpc) is 2.60. The fourth-order valence-corrected chi connectivity index (χ4v) is 3.22. The van der Waals surface area contributed by atoms with Gasteiger partial charge in [0.1, 0.15) is 13.1 Å². The molecule has 0 unspecified atom stereocenters. The van der Waals surface area contributed by atoms with Crippen molar-refractivity contribution in [3.8, 4) is 0 Å². The molecule has 0 aliphatic carbocycles. The van der Waals surface area contributed by atoms with Gasteiger partial charge in [-0.2, -0.15) is 0 Å². The van der Waals surface area contributed by atoms with Gasteiger partial charge in [0.2, 0.25) is 11.8 Å². The van der Waals surface area contributed by atoms with Gasteiger partial charge in [0.25, 0.3) is 0 Å². The van der Waals surface area contributed by atoms with Crippen molar-refractivity contribution in [2.75, 3.05) is 29.5 Å². The van der Waals surface area contributed by atoms with Crippen molar-refractivity contribution < 1.29 is 19.1 Å². The highest BCUT2D eigenvalue weighted by atomic mass is 16.5. The summed E-state index contributed by atoms with van der Waals surface area (Å²) in [6, 6.07) is 3.80. The van der Waals surface area contributed by atoms with Gasteiger partial charge in [0.15, 0.2) is 0 Å². The summed E-state index contributed by atoms with van der Waals surface area (Å²) < 4.78 is 5.00. The lowest BCUT2D eigenvalue weighted by atomic mass is 9.98. The van der Waals surface area contributed by atoms with Crippen LogP contribution in [0.3, 0.4) is 0 Å². The van der Waals surface area contributed by atoms with E-state index >= 15 is 0 Å². The second-order valence-corrected chi connectivity index (χ2v) is 6.65. The molecule has 0 aromatic heterocycles. The Morgan fingerprint density at radius 3 is 2.19 bits per heavy atom. The van der Waals surface area contributed by atoms with E-state index in [4.69, 9.17) is 4.74 Å². The first-order valence-corrected chi connectivity index (χ1v) is 9.22. The molecule has 1 aliphatic rings. The van der Waals surface area contributed by atoms with Crippen molar-refractivity contribution in [1.82, 2.24) is 0 Å². The van der Waals surface area contributed by atoms with Gasteiger partial charge in [-0.3, -0.25) is 19.3 Å². The maximum Gasteiger partial charge on any atom is 0.326 e. The summed E-state index contributed by atoms with van der Waals surface area (Å²) >= 11 is 0. The third kappa shape index (κ3) is 3.89. The molecule has 6 heteroatoms. The van der Waals surface area contributed by atoms with Gasteiger partial charge in [-0.25, -0.2) is 0 Å². The molecule has 2 amide bonds. The number of hydrogen-bond acceptors (Lipinski definition) is 4. The predicted octanol–water partition coefficient (Wildman–Crippen LogP) is 2.98. The minimum absolute atomic E-state index is 0.0383. The molecule has 0 N–H and O–H groups in total. The van der Waals surface area contributed by atoms with Gasteiger partial charge in [0.05, 0.1) is 18.0 Å². The summed E-state index contributed by atoms with van der Waals surface area (Å²) in [5, 5.41) is 0. The second kappa shape index (κ2) is 8.34. The maximum absolute atomic E-state index is 13.0. The predicted molar refractivity (Wildman–Crippen MR) is 101 cm³/mol. The highest BCUT2D eigenvalue weighted by molar-refractivity contribution is 6.13. The van der Waals surface area contributed by atoms with Crippen LogP contribution in [0.1, 0.15) is 44.7 Å². The standard InChI is InChI=1S/C20H28N2O4/c1-6-15(7-2)20(25)22-11-18(23)21(12-19(24)26-8-3)16-9-13(4)14(5)10-17(16)22/h9-10,15H,6-8,11-12H2,1-5H3. The van der Waals surface area contributed by atoms with E-state index in [1.165, 1.54) is 4.90 Å². The molecule has 0 atom stereocenters. The smallest absolute Gasteiger partial charge is 0.326 e. The zero-order valence-corrected chi connectivity index (χ0v) is 16.3. The molecule has 1 aliphatic heterocycles. The Morgan fingerprint density at radius 1 is 1.08 bits per heavy atom. The molecule has 0 fully saturated rings. The number of carbonyl (C=O) groups is 3. The van der Waals surface area contributed by atoms with Crippen LogP contribution in [0.5, 0.6) is 0 Å². The Kier molecular flexibility index (Phi) is 6.40. The van der Waals surface area contributed by atoms with E-state index in [0.29, 0.717) is 11.4 Å². The molecule has 26 heavy (non-hydrogen) atoms. The van der Waals surface area contributed by atoms with Crippen molar-refractivity contribution >= 4 is 29.2 Å². The van der Waals surface area contributed by atoms with Gasteiger partial charge in [0, 0.05) is 5.92 Å². The van der Waals surface area contributed by atoms with Crippen molar-refractivity contribution in [2.45, 2.75) is 47.5 Å². The summed E-state index contributed by atoms with van der Waals surface area (Å²) in [7, 11) is 0. The Balaban J connectivity index is 2.48. The van der Waals surface area contributed by atoms with E-state index < -0.39 is 5.97 Å². The number of amides is 2. The molecular formula is C20H28N2O4. The number of aryl methyl sites for hydroxylation is 2. The lowest BCUT2D eigenvalue weighted by Gasteiger charge is -2.37. The number of esters is 1. The normalized spacial score (nSPS) is 13.8. The summed E-state index contributed by atoms with van der Waals surface area (Å²) in [4.78, 5) is 40.6. The zero-order valence-electron chi connectivity index (χ0n) is 16.3. The highest BCUT2D eigenvalue weighted by Crippen LogP contribution is 2.37.